The van der Waals surface area contributed by atoms with Gasteiger partial charge in [-0.1, -0.05) is 12.1 Å². The van der Waals surface area contributed by atoms with Crippen LogP contribution in [0.2, 0.25) is 0 Å². The van der Waals surface area contributed by atoms with Gasteiger partial charge in [-0.05, 0) is 51.3 Å². The molecular weight excluding hydrogens is 302 g/mol. The lowest BCUT2D eigenvalue weighted by atomic mass is 10.2. The molecule has 0 bridgehead atoms. The molecule has 0 saturated heterocycles. The third-order valence-electron chi connectivity index (χ3n) is 3.62. The summed E-state index contributed by atoms with van der Waals surface area (Å²) in [4.78, 5) is 1.15. The lowest BCUT2D eigenvalue weighted by Gasteiger charge is -2.18. The van der Waals surface area contributed by atoms with E-state index in [9.17, 15) is 8.42 Å². The zero-order valence-corrected chi connectivity index (χ0v) is 14.7. The quantitative estimate of drug-likeness (QED) is 0.781. The molecule has 0 atom stereocenters. The number of rotatable bonds is 7. The molecule has 1 N–H and O–H groups in total. The first kappa shape index (κ1) is 16.8. The van der Waals surface area contributed by atoms with E-state index in [2.05, 4.69) is 23.5 Å². The van der Waals surface area contributed by atoms with Gasteiger partial charge >= 0.3 is 0 Å². The summed E-state index contributed by atoms with van der Waals surface area (Å²) in [5.74, 6) is 0.838. The Morgan fingerprint density at radius 2 is 2.00 bits per heavy atom. The highest BCUT2D eigenvalue weighted by atomic mass is 32.2. The van der Waals surface area contributed by atoms with Crippen molar-refractivity contribution in [3.8, 4) is 0 Å². The number of thioether (sulfide) groups is 1. The van der Waals surface area contributed by atoms with Crippen molar-refractivity contribution in [1.29, 1.82) is 0 Å². The van der Waals surface area contributed by atoms with E-state index >= 15 is 0 Å². The molecule has 0 aromatic heterocycles. The topological polar surface area (TPSA) is 46.2 Å². The van der Waals surface area contributed by atoms with E-state index in [0.29, 0.717) is 11.8 Å². The Morgan fingerprint density at radius 3 is 2.62 bits per heavy atom. The lowest BCUT2D eigenvalue weighted by Crippen LogP contribution is -2.31. The van der Waals surface area contributed by atoms with E-state index in [1.165, 1.54) is 18.4 Å². The van der Waals surface area contributed by atoms with Crippen molar-refractivity contribution in [2.75, 3.05) is 11.5 Å². The van der Waals surface area contributed by atoms with Gasteiger partial charge in [-0.2, -0.15) is 0 Å². The number of nitrogens with one attached hydrogen (secondary N) is 1. The van der Waals surface area contributed by atoms with E-state index in [1.54, 1.807) is 32.5 Å². The van der Waals surface area contributed by atoms with Gasteiger partial charge in [0.2, 0.25) is 0 Å². The molecular formula is C16H25NO2S2. The van der Waals surface area contributed by atoms with Gasteiger partial charge in [0.25, 0.3) is 0 Å². The van der Waals surface area contributed by atoms with Crippen molar-refractivity contribution < 1.29 is 8.42 Å². The second kappa shape index (κ2) is 6.71. The smallest absolute Gasteiger partial charge is 0.156 e. The van der Waals surface area contributed by atoms with Crippen LogP contribution in [0.25, 0.3) is 0 Å². The normalized spacial score (nSPS) is 16.1. The van der Waals surface area contributed by atoms with Crippen LogP contribution in [0.15, 0.2) is 29.2 Å². The standard InChI is InChI=1S/C16H25NO2S2/c1-16(2,3)21(18,19)10-9-20-15-6-4-5-13(11-15)12-17-14-7-8-14/h4-6,11,14,17H,7-10,12H2,1-3H3. The molecule has 0 amide bonds. The van der Waals surface area contributed by atoms with Gasteiger partial charge in [-0.25, -0.2) is 8.42 Å². The number of hydrogen-bond acceptors (Lipinski definition) is 4. The molecule has 2 rings (SSSR count). The second-order valence-electron chi connectivity index (χ2n) is 6.58. The first-order valence-electron chi connectivity index (χ1n) is 7.45. The fraction of sp³-hybridized carbons (Fsp3) is 0.625. The first-order valence-corrected chi connectivity index (χ1v) is 10.1. The van der Waals surface area contributed by atoms with Crippen molar-refractivity contribution in [1.82, 2.24) is 5.32 Å². The minimum Gasteiger partial charge on any atom is -0.310 e. The number of benzene rings is 1. The molecule has 1 aromatic carbocycles. The predicted molar refractivity (Wildman–Crippen MR) is 90.6 cm³/mol. The molecule has 0 unspecified atom stereocenters. The molecule has 1 aromatic rings. The van der Waals surface area contributed by atoms with E-state index in [0.717, 1.165) is 11.4 Å². The Bertz CT molecular complexity index is 572. The zero-order chi connectivity index (χ0) is 15.5. The highest BCUT2D eigenvalue weighted by molar-refractivity contribution is 8.01. The summed E-state index contributed by atoms with van der Waals surface area (Å²) >= 11 is 1.62. The fourth-order valence-corrected chi connectivity index (χ4v) is 4.34. The largest absolute Gasteiger partial charge is 0.310 e. The molecule has 118 valence electrons. The molecule has 21 heavy (non-hydrogen) atoms. The number of sulfone groups is 1. The van der Waals surface area contributed by atoms with E-state index < -0.39 is 14.6 Å². The Hall–Kier alpha value is -0.520. The maximum atomic E-state index is 12.1. The molecule has 0 spiro atoms. The molecule has 1 aliphatic rings. The maximum absolute atomic E-state index is 12.1. The maximum Gasteiger partial charge on any atom is 0.156 e. The lowest BCUT2D eigenvalue weighted by molar-refractivity contribution is 0.562. The third-order valence-corrected chi connectivity index (χ3v) is 7.49. The summed E-state index contributed by atoms with van der Waals surface area (Å²) in [6.07, 6.45) is 2.58. The monoisotopic (exact) mass is 327 g/mol. The average Bonchev–Trinajstić information content (AvgIpc) is 3.19. The van der Waals surface area contributed by atoms with Crippen LogP contribution in [0.3, 0.4) is 0 Å². The van der Waals surface area contributed by atoms with Gasteiger partial charge in [0.15, 0.2) is 9.84 Å². The minimum absolute atomic E-state index is 0.228. The van der Waals surface area contributed by atoms with Crippen LogP contribution in [0.4, 0.5) is 0 Å². The van der Waals surface area contributed by atoms with Gasteiger partial charge in [-0.15, -0.1) is 11.8 Å². The van der Waals surface area contributed by atoms with Crippen molar-refractivity contribution in [2.24, 2.45) is 0 Å². The molecule has 0 aliphatic heterocycles. The second-order valence-corrected chi connectivity index (χ2v) is 10.6. The van der Waals surface area contributed by atoms with Gasteiger partial charge in [0.05, 0.1) is 10.5 Å². The van der Waals surface area contributed by atoms with E-state index in [-0.39, 0.29) is 5.75 Å². The molecule has 0 heterocycles. The molecule has 1 aliphatic carbocycles. The minimum atomic E-state index is -3.02. The first-order chi connectivity index (χ1) is 9.78. The van der Waals surface area contributed by atoms with Gasteiger partial charge in [-0.3, -0.25) is 0 Å². The summed E-state index contributed by atoms with van der Waals surface area (Å²) in [5, 5.41) is 3.50. The summed E-state index contributed by atoms with van der Waals surface area (Å²) in [5.41, 5.74) is 1.27. The molecule has 5 heteroatoms. The predicted octanol–water partition coefficient (Wildman–Crippen LogP) is 3.24. The summed E-state index contributed by atoms with van der Waals surface area (Å²) < 4.78 is 23.5. The van der Waals surface area contributed by atoms with Gasteiger partial charge in [0.1, 0.15) is 0 Å². The van der Waals surface area contributed by atoms with Crippen molar-refractivity contribution in [3.05, 3.63) is 29.8 Å². The number of hydrogen-bond donors (Lipinski definition) is 1. The third kappa shape index (κ3) is 5.31. The Kier molecular flexibility index (Phi) is 5.38. The van der Waals surface area contributed by atoms with Crippen LogP contribution >= 0.6 is 11.8 Å². The van der Waals surface area contributed by atoms with Crippen LogP contribution in [0.1, 0.15) is 39.2 Å². The van der Waals surface area contributed by atoms with Crippen molar-refractivity contribution in [3.63, 3.8) is 0 Å². The van der Waals surface area contributed by atoms with Crippen molar-refractivity contribution in [2.45, 2.75) is 55.8 Å². The zero-order valence-electron chi connectivity index (χ0n) is 13.1. The van der Waals surface area contributed by atoms with Gasteiger partial charge in [0, 0.05) is 23.2 Å². The summed E-state index contributed by atoms with van der Waals surface area (Å²) in [6.45, 7) is 6.19. The molecule has 3 nitrogen and oxygen atoms in total. The highest BCUT2D eigenvalue weighted by Gasteiger charge is 2.28. The highest BCUT2D eigenvalue weighted by Crippen LogP contribution is 2.23. The SMILES string of the molecule is CC(C)(C)S(=O)(=O)CCSc1cccc(CNC2CC2)c1. The van der Waals surface area contributed by atoms with Crippen LogP contribution < -0.4 is 5.32 Å². The summed E-state index contributed by atoms with van der Waals surface area (Å²) in [7, 11) is -3.02. The Morgan fingerprint density at radius 1 is 1.29 bits per heavy atom. The van der Waals surface area contributed by atoms with E-state index in [1.807, 2.05) is 6.07 Å². The Labute approximate surface area is 132 Å². The average molecular weight is 328 g/mol. The van der Waals surface area contributed by atoms with Crippen LogP contribution in [-0.2, 0) is 16.4 Å². The van der Waals surface area contributed by atoms with Crippen LogP contribution in [0, 0.1) is 0 Å². The summed E-state index contributed by atoms with van der Waals surface area (Å²) in [6, 6.07) is 9.08. The fourth-order valence-electron chi connectivity index (χ4n) is 1.87. The molecule has 0 radical (unpaired) electrons. The molecule has 1 fully saturated rings. The Balaban J connectivity index is 1.84. The van der Waals surface area contributed by atoms with Crippen LogP contribution in [0.5, 0.6) is 0 Å². The van der Waals surface area contributed by atoms with Crippen LogP contribution in [-0.4, -0.2) is 30.7 Å². The van der Waals surface area contributed by atoms with Crippen molar-refractivity contribution >= 4 is 21.6 Å². The van der Waals surface area contributed by atoms with Gasteiger partial charge < -0.3 is 5.32 Å². The molecule has 1 saturated carbocycles. The van der Waals surface area contributed by atoms with E-state index in [4.69, 9.17) is 0 Å².